The third kappa shape index (κ3) is 6.00. The van der Waals surface area contributed by atoms with Gasteiger partial charge in [0.25, 0.3) is 0 Å². The highest BCUT2D eigenvalue weighted by molar-refractivity contribution is 7.22. The van der Waals surface area contributed by atoms with Gasteiger partial charge < -0.3 is 20.3 Å². The van der Waals surface area contributed by atoms with E-state index < -0.39 is 35.1 Å². The number of fused-ring (bicyclic) bond motifs is 5. The van der Waals surface area contributed by atoms with E-state index in [2.05, 4.69) is 19.9 Å². The lowest BCUT2D eigenvalue weighted by Crippen LogP contribution is -2.56. The summed E-state index contributed by atoms with van der Waals surface area (Å²) in [5.41, 5.74) is 2.79. The van der Waals surface area contributed by atoms with Crippen LogP contribution in [0.25, 0.3) is 32.2 Å². The number of anilines is 2. The van der Waals surface area contributed by atoms with Crippen molar-refractivity contribution >= 4 is 49.3 Å². The van der Waals surface area contributed by atoms with Gasteiger partial charge in [0.1, 0.15) is 23.3 Å². The van der Waals surface area contributed by atoms with Crippen molar-refractivity contribution in [1.82, 2.24) is 24.8 Å². The summed E-state index contributed by atoms with van der Waals surface area (Å²) in [5.74, 6) is -1.90. The van der Waals surface area contributed by atoms with Crippen molar-refractivity contribution in [1.29, 1.82) is 0 Å². The molecule has 2 bridgehead atoms. The smallest absolute Gasteiger partial charge is 0.417 e. The Bertz CT molecular complexity index is 1900. The van der Waals surface area contributed by atoms with E-state index in [0.717, 1.165) is 55.3 Å². The van der Waals surface area contributed by atoms with E-state index in [1.807, 2.05) is 4.90 Å². The van der Waals surface area contributed by atoms with Gasteiger partial charge in [0.2, 0.25) is 5.91 Å². The van der Waals surface area contributed by atoms with Crippen LogP contribution in [0.3, 0.4) is 0 Å². The number of hydrogen-bond acceptors (Lipinski definition) is 9. The van der Waals surface area contributed by atoms with Crippen LogP contribution in [-0.2, 0) is 11.0 Å². The van der Waals surface area contributed by atoms with Gasteiger partial charge in [-0.2, -0.15) is 23.1 Å². The molecule has 1 amide bonds. The van der Waals surface area contributed by atoms with Gasteiger partial charge in [0.15, 0.2) is 10.9 Å². The minimum absolute atomic E-state index is 0.0145. The summed E-state index contributed by atoms with van der Waals surface area (Å²) < 4.78 is 92.2. The predicted octanol–water partition coefficient (Wildman–Crippen LogP) is 6.58. The Morgan fingerprint density at radius 2 is 1.78 bits per heavy atom. The van der Waals surface area contributed by atoms with Crippen molar-refractivity contribution in [2.24, 2.45) is 0 Å². The molecule has 8 rings (SSSR count). The van der Waals surface area contributed by atoms with E-state index in [9.17, 15) is 26.7 Å². The Morgan fingerprint density at radius 1 is 1.04 bits per heavy atom. The first kappa shape index (κ1) is 33.6. The molecular weight excluding hydrogens is 672 g/mol. The maximum absolute atomic E-state index is 16.4. The number of nitrogen functional groups attached to an aromatic ring is 1. The van der Waals surface area contributed by atoms with Crippen molar-refractivity contribution in [3.63, 3.8) is 0 Å². The molecule has 0 aliphatic carbocycles. The minimum Gasteiger partial charge on any atom is -0.467 e. The number of rotatable bonds is 4. The number of thiazole rings is 1. The first-order valence-corrected chi connectivity index (χ1v) is 17.1. The fourth-order valence-electron chi connectivity index (χ4n) is 7.90. The second kappa shape index (κ2) is 12.8. The first-order chi connectivity index (χ1) is 23.4. The lowest BCUT2D eigenvalue weighted by atomic mass is 9.95. The van der Waals surface area contributed by atoms with Crippen LogP contribution in [0.4, 0.5) is 37.3 Å². The SMILES string of the molecule is CCC(=O)N1C2CCC1CN(c1nc(OC)nc3c(F)c(-c4ccc(F)c5sc(N)nc45)c(C(F)(F)F)cc13)C2.FC1CC2CCCN2C1. The number of halogens is 6. The summed E-state index contributed by atoms with van der Waals surface area (Å²) in [6.45, 7) is 4.28. The Kier molecular flexibility index (Phi) is 8.74. The molecule has 4 aliphatic heterocycles. The number of nitrogens with two attached hydrogens (primary N) is 1. The van der Waals surface area contributed by atoms with E-state index >= 15 is 4.39 Å². The highest BCUT2D eigenvalue weighted by atomic mass is 32.1. The largest absolute Gasteiger partial charge is 0.467 e. The van der Waals surface area contributed by atoms with Crippen LogP contribution in [-0.4, -0.2) is 88.2 Å². The number of methoxy groups -OCH3 is 1. The second-order valence-electron chi connectivity index (χ2n) is 12.9. The van der Waals surface area contributed by atoms with Crippen molar-refractivity contribution in [3.8, 4) is 17.1 Å². The van der Waals surface area contributed by atoms with Crippen molar-refractivity contribution in [2.45, 2.75) is 75.9 Å². The predicted molar refractivity (Wildman–Crippen MR) is 174 cm³/mol. The van der Waals surface area contributed by atoms with Crippen LogP contribution in [0.5, 0.6) is 6.01 Å². The highest BCUT2D eigenvalue weighted by Gasteiger charge is 2.44. The van der Waals surface area contributed by atoms with E-state index in [0.29, 0.717) is 32.1 Å². The molecule has 49 heavy (non-hydrogen) atoms. The van der Waals surface area contributed by atoms with E-state index in [4.69, 9.17) is 10.5 Å². The number of amides is 1. The number of ether oxygens (including phenoxy) is 1. The monoisotopic (exact) mass is 707 g/mol. The Labute approximate surface area is 282 Å². The van der Waals surface area contributed by atoms with Crippen LogP contribution >= 0.6 is 11.3 Å². The number of nitrogens with zero attached hydrogens (tertiary/aromatic N) is 6. The van der Waals surface area contributed by atoms with Crippen molar-refractivity contribution in [3.05, 3.63) is 35.4 Å². The van der Waals surface area contributed by atoms with Gasteiger partial charge in [-0.25, -0.2) is 18.2 Å². The number of carbonyl (C=O) groups excluding carboxylic acids is 1. The molecule has 4 fully saturated rings. The molecule has 2 N–H and O–H groups in total. The molecule has 2 aromatic heterocycles. The third-order valence-corrected chi connectivity index (χ3v) is 10.9. The van der Waals surface area contributed by atoms with E-state index in [-0.39, 0.29) is 61.6 Å². The van der Waals surface area contributed by atoms with E-state index in [1.54, 1.807) is 11.8 Å². The second-order valence-corrected chi connectivity index (χ2v) is 14.0. The molecule has 0 spiro atoms. The Hall–Kier alpha value is -3.92. The van der Waals surface area contributed by atoms with E-state index in [1.165, 1.54) is 20.0 Å². The number of carbonyl (C=O) groups is 1. The van der Waals surface area contributed by atoms with Gasteiger partial charge in [0.05, 0.1) is 22.9 Å². The highest BCUT2D eigenvalue weighted by Crippen LogP contribution is 2.46. The van der Waals surface area contributed by atoms with Gasteiger partial charge in [-0.05, 0) is 56.8 Å². The zero-order valence-corrected chi connectivity index (χ0v) is 27.7. The fourth-order valence-corrected chi connectivity index (χ4v) is 8.66. The molecule has 4 aromatic rings. The third-order valence-electron chi connectivity index (χ3n) is 9.99. The van der Waals surface area contributed by atoms with Gasteiger partial charge in [-0.1, -0.05) is 18.3 Å². The zero-order valence-electron chi connectivity index (χ0n) is 26.9. The number of aromatic nitrogens is 3. The van der Waals surface area contributed by atoms with Crippen LogP contribution in [0.1, 0.15) is 51.0 Å². The first-order valence-electron chi connectivity index (χ1n) is 16.3. The molecule has 2 aromatic carbocycles. The molecule has 4 atom stereocenters. The summed E-state index contributed by atoms with van der Waals surface area (Å²) in [6.07, 6.45) is -0.336. The maximum Gasteiger partial charge on any atom is 0.417 e. The number of benzene rings is 2. The lowest BCUT2D eigenvalue weighted by molar-refractivity contribution is -0.137. The van der Waals surface area contributed by atoms with Gasteiger partial charge in [-0.15, -0.1) is 0 Å². The maximum atomic E-state index is 16.4. The Balaban J connectivity index is 0.000000361. The summed E-state index contributed by atoms with van der Waals surface area (Å²) in [7, 11) is 1.27. The minimum atomic E-state index is -4.99. The summed E-state index contributed by atoms with van der Waals surface area (Å²) in [5, 5.41) is -0.224. The fraction of sp³-hybridized carbons (Fsp3) is 0.515. The molecule has 9 nitrogen and oxygen atoms in total. The zero-order chi connectivity index (χ0) is 34.8. The summed E-state index contributed by atoms with van der Waals surface area (Å²) >= 11 is 0.755. The standard InChI is InChI=1S/C26H23F5N6O2S.C7H12FN/c1-3-17(38)37-11-4-5-12(37)10-36(9-11)23-14-8-15(26(29,30)31)18(19(28)20(14)34-25(35-23)39-2)13-6-7-16(27)22-21(13)33-24(32)40-22;8-6-4-7-2-1-3-9(7)5-6/h6-8,11-12H,3-5,9-10H2,1-2H3,(H2,32,33);6-7H,1-5H2. The molecule has 6 heterocycles. The Morgan fingerprint density at radius 3 is 2.43 bits per heavy atom. The van der Waals surface area contributed by atoms with Gasteiger partial charge in [-0.3, -0.25) is 9.69 Å². The van der Waals surface area contributed by atoms with Crippen molar-refractivity contribution < 1.29 is 35.9 Å². The molecule has 16 heteroatoms. The number of hydrogen-bond donors (Lipinski definition) is 1. The molecule has 4 aliphatic rings. The number of piperazine rings is 1. The van der Waals surface area contributed by atoms with Gasteiger partial charge in [0, 0.05) is 60.7 Å². The molecule has 4 unspecified atom stereocenters. The average molecular weight is 708 g/mol. The van der Waals surface area contributed by atoms with Crippen LogP contribution < -0.4 is 15.4 Å². The molecular formula is C33H35F6N7O2S. The van der Waals surface area contributed by atoms with Crippen molar-refractivity contribution in [2.75, 3.05) is 43.9 Å². The quantitative estimate of drug-likeness (QED) is 0.238. The normalized spacial score (nSPS) is 23.7. The van der Waals surface area contributed by atoms with Gasteiger partial charge >= 0.3 is 12.2 Å². The summed E-state index contributed by atoms with van der Waals surface area (Å²) in [6, 6.07) is 2.93. The average Bonchev–Trinajstić information content (AvgIpc) is 3.82. The number of alkyl halides is 4. The molecule has 4 saturated heterocycles. The lowest BCUT2D eigenvalue weighted by Gasteiger charge is -2.42. The molecule has 262 valence electrons. The van der Waals surface area contributed by atoms with Crippen LogP contribution in [0.15, 0.2) is 18.2 Å². The topological polar surface area (TPSA) is 101 Å². The molecule has 0 radical (unpaired) electrons. The van der Waals surface area contributed by atoms with Crippen LogP contribution in [0, 0.1) is 11.6 Å². The summed E-state index contributed by atoms with van der Waals surface area (Å²) in [4.78, 5) is 30.8. The van der Waals surface area contributed by atoms with Crippen LogP contribution in [0.2, 0.25) is 0 Å². The molecule has 0 saturated carbocycles.